The van der Waals surface area contributed by atoms with E-state index < -0.39 is 9.84 Å². The summed E-state index contributed by atoms with van der Waals surface area (Å²) in [5, 5.41) is 9.26. The van der Waals surface area contributed by atoms with Crippen LogP contribution < -0.4 is 0 Å². The maximum absolute atomic E-state index is 12.6. The summed E-state index contributed by atoms with van der Waals surface area (Å²) in [4.78, 5) is 6.70. The molecule has 7 heteroatoms. The van der Waals surface area contributed by atoms with Crippen molar-refractivity contribution in [2.75, 3.05) is 25.4 Å². The first-order chi connectivity index (χ1) is 13.5. The maximum atomic E-state index is 12.6. The lowest BCUT2D eigenvalue weighted by atomic mass is 9.93. The summed E-state index contributed by atoms with van der Waals surface area (Å²) in [5.74, 6) is 0.649. The molecule has 0 spiro atoms. The van der Waals surface area contributed by atoms with E-state index in [-0.39, 0.29) is 17.5 Å². The monoisotopic (exact) mass is 405 g/mol. The van der Waals surface area contributed by atoms with Crippen LogP contribution in [0.25, 0.3) is 0 Å². The smallest absolute Gasteiger partial charge is 0.228 e. The van der Waals surface area contributed by atoms with E-state index in [9.17, 15) is 8.42 Å². The van der Waals surface area contributed by atoms with Crippen LogP contribution in [0.3, 0.4) is 0 Å². The Labute approximate surface area is 168 Å². The summed E-state index contributed by atoms with van der Waals surface area (Å²) in [6.07, 6.45) is 5.97. The van der Waals surface area contributed by atoms with E-state index >= 15 is 0 Å². The molecule has 3 rings (SSSR count). The number of benzene rings is 1. The van der Waals surface area contributed by atoms with Gasteiger partial charge in [0.05, 0.1) is 24.2 Å². The molecule has 1 N–H and O–H groups in total. The van der Waals surface area contributed by atoms with Gasteiger partial charge in [-0.1, -0.05) is 37.3 Å². The molecule has 0 radical (unpaired) electrons. The van der Waals surface area contributed by atoms with E-state index in [0.29, 0.717) is 19.0 Å². The number of nitrogens with zero attached hydrogens (tertiary/aromatic N) is 3. The van der Waals surface area contributed by atoms with Crippen LogP contribution in [0.15, 0.2) is 41.7 Å². The molecule has 0 amide bonds. The fraction of sp³-hybridized carbons (Fsp3) is 0.571. The number of hydrogen-bond donors (Lipinski definition) is 1. The third-order valence-corrected chi connectivity index (χ3v) is 7.14. The zero-order valence-corrected chi connectivity index (χ0v) is 17.4. The number of piperidine rings is 1. The van der Waals surface area contributed by atoms with Crippen molar-refractivity contribution in [2.45, 2.75) is 50.9 Å². The lowest BCUT2D eigenvalue weighted by Crippen LogP contribution is -2.35. The molecule has 154 valence electrons. The molecule has 0 unspecified atom stereocenters. The van der Waals surface area contributed by atoms with Gasteiger partial charge in [-0.05, 0) is 43.7 Å². The van der Waals surface area contributed by atoms with E-state index in [1.807, 2.05) is 34.9 Å². The lowest BCUT2D eigenvalue weighted by Gasteiger charge is -2.32. The van der Waals surface area contributed by atoms with E-state index in [2.05, 4.69) is 9.88 Å². The van der Waals surface area contributed by atoms with Gasteiger partial charge in [-0.3, -0.25) is 4.90 Å². The van der Waals surface area contributed by atoms with Gasteiger partial charge >= 0.3 is 0 Å². The van der Waals surface area contributed by atoms with Crippen molar-refractivity contribution in [1.82, 2.24) is 14.5 Å². The van der Waals surface area contributed by atoms with Gasteiger partial charge in [0.15, 0.2) is 0 Å². The minimum Gasteiger partial charge on any atom is -0.396 e. The van der Waals surface area contributed by atoms with Crippen LogP contribution in [0.5, 0.6) is 0 Å². The van der Waals surface area contributed by atoms with Crippen molar-refractivity contribution in [3.8, 4) is 0 Å². The number of imidazole rings is 1. The number of aliphatic hydroxyl groups excluding tert-OH is 1. The highest BCUT2D eigenvalue weighted by Crippen LogP contribution is 2.24. The van der Waals surface area contributed by atoms with Crippen molar-refractivity contribution < 1.29 is 13.5 Å². The molecule has 0 bridgehead atoms. The van der Waals surface area contributed by atoms with Gasteiger partial charge in [0, 0.05) is 19.7 Å². The Hall–Kier alpha value is -1.70. The van der Waals surface area contributed by atoms with Crippen LogP contribution in [-0.2, 0) is 22.9 Å². The average Bonchev–Trinajstić information content (AvgIpc) is 3.10. The molecule has 1 aliphatic rings. The predicted octanol–water partition coefficient (Wildman–Crippen LogP) is 2.71. The molecular formula is C21H31N3O3S. The molecule has 0 aliphatic carbocycles. The summed E-state index contributed by atoms with van der Waals surface area (Å²) >= 11 is 0. The Bertz CT molecular complexity index is 849. The quantitative estimate of drug-likeness (QED) is 0.694. The second kappa shape index (κ2) is 9.67. The Morgan fingerprint density at radius 2 is 2.00 bits per heavy atom. The van der Waals surface area contributed by atoms with Crippen molar-refractivity contribution in [3.63, 3.8) is 0 Å². The zero-order valence-electron chi connectivity index (χ0n) is 16.6. The number of rotatable bonds is 9. The third kappa shape index (κ3) is 5.21. The number of aromatic nitrogens is 2. The van der Waals surface area contributed by atoms with E-state index in [4.69, 9.17) is 5.11 Å². The number of aliphatic hydroxyl groups is 1. The number of likely N-dealkylation sites (tertiary alicyclic amines) is 1. The van der Waals surface area contributed by atoms with Crippen molar-refractivity contribution in [1.29, 1.82) is 0 Å². The van der Waals surface area contributed by atoms with Crippen LogP contribution in [0.1, 0.15) is 43.9 Å². The lowest BCUT2D eigenvalue weighted by molar-refractivity contribution is 0.150. The summed E-state index contributed by atoms with van der Waals surface area (Å²) in [5.41, 5.74) is 2.01. The molecule has 1 fully saturated rings. The Morgan fingerprint density at radius 1 is 1.21 bits per heavy atom. The topological polar surface area (TPSA) is 75.4 Å². The molecule has 1 atom stereocenters. The molecule has 1 saturated heterocycles. The van der Waals surface area contributed by atoms with Crippen LogP contribution in [0.4, 0.5) is 0 Å². The fourth-order valence-electron chi connectivity index (χ4n) is 3.97. The Morgan fingerprint density at radius 3 is 2.71 bits per heavy atom. The normalized spacial score (nSPS) is 18.4. The standard InChI is InChI=1S/C21H31N3O3S/c1-2-28(26,27)21-22-14-20(24(21)16-19-8-4-3-5-9-19)17-23-12-6-10-18(15-23)11-7-13-25/h3-5,8-9,14,18,25H,2,6-7,10-13,15-17H2,1H3/t18-/m1/s1. The second-order valence-corrected chi connectivity index (χ2v) is 9.79. The van der Waals surface area contributed by atoms with Gasteiger partial charge in [-0.15, -0.1) is 0 Å². The van der Waals surface area contributed by atoms with Gasteiger partial charge in [0.25, 0.3) is 0 Å². The van der Waals surface area contributed by atoms with E-state index in [1.54, 1.807) is 13.1 Å². The molecule has 0 saturated carbocycles. The first-order valence-electron chi connectivity index (χ1n) is 10.2. The average molecular weight is 406 g/mol. The minimum atomic E-state index is -3.39. The molecule has 2 heterocycles. The van der Waals surface area contributed by atoms with Crippen LogP contribution in [0, 0.1) is 5.92 Å². The largest absolute Gasteiger partial charge is 0.396 e. The molecule has 1 aliphatic heterocycles. The van der Waals surface area contributed by atoms with E-state index in [0.717, 1.165) is 43.6 Å². The highest BCUT2D eigenvalue weighted by Gasteiger charge is 2.25. The molecule has 1 aromatic carbocycles. The number of hydrogen-bond acceptors (Lipinski definition) is 5. The Kier molecular flexibility index (Phi) is 7.26. The van der Waals surface area contributed by atoms with Crippen LogP contribution >= 0.6 is 0 Å². The third-order valence-electron chi connectivity index (χ3n) is 5.50. The highest BCUT2D eigenvalue weighted by atomic mass is 32.2. The molecule has 6 nitrogen and oxygen atoms in total. The van der Waals surface area contributed by atoms with Crippen molar-refractivity contribution >= 4 is 9.84 Å². The second-order valence-electron chi connectivity index (χ2n) is 7.62. The van der Waals surface area contributed by atoms with Gasteiger partial charge in [-0.25, -0.2) is 13.4 Å². The fourth-order valence-corrected chi connectivity index (χ4v) is 4.96. The van der Waals surface area contributed by atoms with Gasteiger partial charge < -0.3 is 9.67 Å². The minimum absolute atomic E-state index is 0.0468. The summed E-state index contributed by atoms with van der Waals surface area (Å²) in [6.45, 7) is 5.13. The van der Waals surface area contributed by atoms with E-state index in [1.165, 1.54) is 6.42 Å². The molecule has 28 heavy (non-hydrogen) atoms. The zero-order chi connectivity index (χ0) is 20.0. The van der Waals surface area contributed by atoms with Gasteiger partial charge in [0.1, 0.15) is 0 Å². The number of sulfone groups is 1. The first kappa shape index (κ1) is 21.0. The molecule has 1 aromatic heterocycles. The van der Waals surface area contributed by atoms with Gasteiger partial charge in [-0.2, -0.15) is 0 Å². The summed E-state index contributed by atoms with van der Waals surface area (Å²) < 4.78 is 27.0. The predicted molar refractivity (Wildman–Crippen MR) is 110 cm³/mol. The van der Waals surface area contributed by atoms with Crippen LogP contribution in [-0.4, -0.2) is 53.4 Å². The SMILES string of the molecule is CCS(=O)(=O)c1ncc(CN2CCC[C@H](CCCO)C2)n1Cc1ccccc1. The highest BCUT2D eigenvalue weighted by molar-refractivity contribution is 7.91. The molecule has 2 aromatic rings. The summed E-state index contributed by atoms with van der Waals surface area (Å²) in [7, 11) is -3.39. The van der Waals surface area contributed by atoms with Crippen molar-refractivity contribution in [3.05, 3.63) is 47.8 Å². The maximum Gasteiger partial charge on any atom is 0.228 e. The summed E-state index contributed by atoms with van der Waals surface area (Å²) in [6, 6.07) is 9.92. The van der Waals surface area contributed by atoms with Crippen molar-refractivity contribution in [2.24, 2.45) is 5.92 Å². The first-order valence-corrected chi connectivity index (χ1v) is 11.8. The Balaban J connectivity index is 1.82. The van der Waals surface area contributed by atoms with Gasteiger partial charge in [0.2, 0.25) is 15.0 Å². The molecular weight excluding hydrogens is 374 g/mol. The van der Waals surface area contributed by atoms with Crippen LogP contribution in [0.2, 0.25) is 0 Å².